The molecule has 0 aliphatic heterocycles. The Morgan fingerprint density at radius 1 is 1.10 bits per heavy atom. The van der Waals surface area contributed by atoms with Crippen molar-refractivity contribution in [3.8, 4) is 22.5 Å². The first-order chi connectivity index (χ1) is 10.1. The molecule has 0 atom stereocenters. The number of nitrogens with two attached hydrogens (primary N) is 1. The molecule has 0 aliphatic carbocycles. The van der Waals surface area contributed by atoms with Crippen LogP contribution in [0, 0.1) is 13.8 Å². The lowest BCUT2D eigenvalue weighted by Gasteiger charge is -2.07. The van der Waals surface area contributed by atoms with Crippen LogP contribution in [-0.2, 0) is 0 Å². The van der Waals surface area contributed by atoms with Crippen molar-refractivity contribution in [1.29, 1.82) is 0 Å². The fourth-order valence-electron chi connectivity index (χ4n) is 2.39. The molecule has 3 aromatic rings. The lowest BCUT2D eigenvalue weighted by atomic mass is 9.97. The van der Waals surface area contributed by atoms with Crippen LogP contribution < -0.4 is 5.73 Å². The molecular formula is C17H15BrN2O. The Labute approximate surface area is 131 Å². The number of nitrogen functional groups attached to an aromatic ring is 1. The number of hydrogen-bond acceptors (Lipinski definition) is 3. The highest BCUT2D eigenvalue weighted by molar-refractivity contribution is 9.10. The summed E-state index contributed by atoms with van der Waals surface area (Å²) >= 11 is 3.49. The van der Waals surface area contributed by atoms with Gasteiger partial charge in [-0.1, -0.05) is 50.9 Å². The second-order valence-corrected chi connectivity index (χ2v) is 6.02. The maximum atomic E-state index is 6.03. The third kappa shape index (κ3) is 2.59. The minimum absolute atomic E-state index is 0.406. The third-order valence-electron chi connectivity index (χ3n) is 3.47. The zero-order valence-corrected chi connectivity index (χ0v) is 13.4. The van der Waals surface area contributed by atoms with Crippen LogP contribution in [0.2, 0.25) is 0 Å². The Hall–Kier alpha value is -2.07. The highest BCUT2D eigenvalue weighted by Gasteiger charge is 2.19. The number of nitrogens with zero attached hydrogens (tertiary/aromatic N) is 1. The third-order valence-corrected chi connectivity index (χ3v) is 3.96. The Kier molecular flexibility index (Phi) is 3.55. The van der Waals surface area contributed by atoms with Crippen LogP contribution in [0.1, 0.15) is 11.1 Å². The second-order valence-electron chi connectivity index (χ2n) is 5.10. The Bertz CT molecular complexity index is 808. The van der Waals surface area contributed by atoms with Gasteiger partial charge in [-0.15, -0.1) is 0 Å². The standard InChI is InChI=1S/C17H15BrN2O/c1-10-6-7-11(2)14(8-10)16-15(17(19)20-21-16)12-4-3-5-13(18)9-12/h3-9H,1-2H3,(H2,19,20). The van der Waals surface area contributed by atoms with Gasteiger partial charge in [0.25, 0.3) is 0 Å². The summed E-state index contributed by atoms with van der Waals surface area (Å²) in [7, 11) is 0. The van der Waals surface area contributed by atoms with Crippen molar-refractivity contribution in [2.24, 2.45) is 0 Å². The van der Waals surface area contributed by atoms with E-state index in [1.54, 1.807) is 0 Å². The summed E-state index contributed by atoms with van der Waals surface area (Å²) in [5.41, 5.74) is 11.2. The fourth-order valence-corrected chi connectivity index (χ4v) is 2.79. The van der Waals surface area contributed by atoms with Gasteiger partial charge in [0, 0.05) is 10.0 Å². The SMILES string of the molecule is Cc1ccc(C)c(-c2onc(N)c2-c2cccc(Br)c2)c1. The Morgan fingerprint density at radius 2 is 1.90 bits per heavy atom. The summed E-state index contributed by atoms with van der Waals surface area (Å²) in [6.45, 7) is 4.11. The van der Waals surface area contributed by atoms with Gasteiger partial charge in [0.2, 0.25) is 0 Å². The van der Waals surface area contributed by atoms with E-state index >= 15 is 0 Å². The quantitative estimate of drug-likeness (QED) is 0.715. The molecule has 0 fully saturated rings. The van der Waals surface area contributed by atoms with Crippen LogP contribution in [0.15, 0.2) is 51.5 Å². The molecule has 106 valence electrons. The zero-order valence-electron chi connectivity index (χ0n) is 11.9. The molecule has 0 saturated heterocycles. The molecule has 2 aromatic carbocycles. The first-order valence-electron chi connectivity index (χ1n) is 6.65. The smallest absolute Gasteiger partial charge is 0.177 e. The number of anilines is 1. The highest BCUT2D eigenvalue weighted by Crippen LogP contribution is 2.38. The van der Waals surface area contributed by atoms with Gasteiger partial charge < -0.3 is 10.3 Å². The van der Waals surface area contributed by atoms with Gasteiger partial charge in [-0.25, -0.2) is 0 Å². The van der Waals surface area contributed by atoms with Gasteiger partial charge in [-0.3, -0.25) is 0 Å². The maximum Gasteiger partial charge on any atom is 0.177 e. The van der Waals surface area contributed by atoms with E-state index in [1.165, 1.54) is 5.56 Å². The predicted molar refractivity (Wildman–Crippen MR) is 89.0 cm³/mol. The molecule has 21 heavy (non-hydrogen) atoms. The van der Waals surface area contributed by atoms with Crippen LogP contribution in [0.25, 0.3) is 22.5 Å². The largest absolute Gasteiger partial charge is 0.380 e. The van der Waals surface area contributed by atoms with E-state index in [1.807, 2.05) is 24.3 Å². The predicted octanol–water partition coefficient (Wildman–Crippen LogP) is 4.97. The molecule has 0 radical (unpaired) electrons. The van der Waals surface area contributed by atoms with E-state index in [2.05, 4.69) is 53.1 Å². The fraction of sp³-hybridized carbons (Fsp3) is 0.118. The van der Waals surface area contributed by atoms with Gasteiger partial charge in [-0.2, -0.15) is 0 Å². The van der Waals surface area contributed by atoms with Crippen LogP contribution in [-0.4, -0.2) is 5.16 Å². The molecule has 3 rings (SSSR count). The van der Waals surface area contributed by atoms with Gasteiger partial charge >= 0.3 is 0 Å². The van der Waals surface area contributed by atoms with Crippen LogP contribution in [0.5, 0.6) is 0 Å². The molecule has 0 spiro atoms. The Balaban J connectivity index is 2.24. The van der Waals surface area contributed by atoms with Crippen molar-refractivity contribution in [2.75, 3.05) is 5.73 Å². The summed E-state index contributed by atoms with van der Waals surface area (Å²) in [6, 6.07) is 14.2. The van der Waals surface area contributed by atoms with Crippen molar-refractivity contribution in [3.63, 3.8) is 0 Å². The summed E-state index contributed by atoms with van der Waals surface area (Å²) in [5, 5.41) is 3.96. The molecule has 1 heterocycles. The number of halogens is 1. The first kappa shape index (κ1) is 13.9. The van der Waals surface area contributed by atoms with E-state index in [-0.39, 0.29) is 0 Å². The van der Waals surface area contributed by atoms with Crippen LogP contribution in [0.4, 0.5) is 5.82 Å². The van der Waals surface area contributed by atoms with E-state index in [0.29, 0.717) is 11.6 Å². The van der Waals surface area contributed by atoms with Crippen LogP contribution >= 0.6 is 15.9 Å². The summed E-state index contributed by atoms with van der Waals surface area (Å²) in [5.74, 6) is 1.12. The van der Waals surface area contributed by atoms with Crippen molar-refractivity contribution < 1.29 is 4.52 Å². The first-order valence-corrected chi connectivity index (χ1v) is 7.44. The zero-order chi connectivity index (χ0) is 15.0. The minimum Gasteiger partial charge on any atom is -0.380 e. The summed E-state index contributed by atoms with van der Waals surface area (Å²) in [4.78, 5) is 0. The van der Waals surface area contributed by atoms with Gasteiger partial charge in [-0.05, 0) is 43.2 Å². The molecule has 4 heteroatoms. The summed E-state index contributed by atoms with van der Waals surface area (Å²) in [6.07, 6.45) is 0. The molecule has 1 aromatic heterocycles. The van der Waals surface area contributed by atoms with Crippen molar-refractivity contribution in [1.82, 2.24) is 5.16 Å². The molecule has 0 amide bonds. The average Bonchev–Trinajstić information content (AvgIpc) is 2.83. The number of rotatable bonds is 2. The van der Waals surface area contributed by atoms with E-state index in [4.69, 9.17) is 10.3 Å². The van der Waals surface area contributed by atoms with E-state index < -0.39 is 0 Å². The molecular weight excluding hydrogens is 328 g/mol. The topological polar surface area (TPSA) is 52.0 Å². The van der Waals surface area contributed by atoms with Crippen molar-refractivity contribution in [2.45, 2.75) is 13.8 Å². The minimum atomic E-state index is 0.406. The molecule has 2 N–H and O–H groups in total. The van der Waals surface area contributed by atoms with Crippen LogP contribution in [0.3, 0.4) is 0 Å². The Morgan fingerprint density at radius 3 is 2.67 bits per heavy atom. The normalized spacial score (nSPS) is 10.8. The van der Waals surface area contributed by atoms with Gasteiger partial charge in [0.1, 0.15) is 0 Å². The number of hydrogen-bond donors (Lipinski definition) is 1. The average molecular weight is 343 g/mol. The van der Waals surface area contributed by atoms with Gasteiger partial charge in [0.15, 0.2) is 11.6 Å². The second kappa shape index (κ2) is 5.37. The summed E-state index contributed by atoms with van der Waals surface area (Å²) < 4.78 is 6.51. The highest BCUT2D eigenvalue weighted by atomic mass is 79.9. The monoisotopic (exact) mass is 342 g/mol. The van der Waals surface area contributed by atoms with E-state index in [9.17, 15) is 0 Å². The molecule has 0 aliphatic rings. The van der Waals surface area contributed by atoms with Crippen molar-refractivity contribution >= 4 is 21.7 Å². The molecule has 0 unspecified atom stereocenters. The number of aromatic nitrogens is 1. The van der Waals surface area contributed by atoms with E-state index in [0.717, 1.165) is 26.7 Å². The molecule has 0 saturated carbocycles. The van der Waals surface area contributed by atoms with Gasteiger partial charge in [0.05, 0.1) is 5.56 Å². The molecule has 3 nitrogen and oxygen atoms in total. The lowest BCUT2D eigenvalue weighted by molar-refractivity contribution is 0.436. The number of benzene rings is 2. The number of aryl methyl sites for hydroxylation is 2. The molecule has 0 bridgehead atoms. The maximum absolute atomic E-state index is 6.03. The lowest BCUT2D eigenvalue weighted by Crippen LogP contribution is -1.90. The van der Waals surface area contributed by atoms with Crippen molar-refractivity contribution in [3.05, 3.63) is 58.1 Å².